The van der Waals surface area contributed by atoms with Gasteiger partial charge in [0.1, 0.15) is 0 Å². The summed E-state index contributed by atoms with van der Waals surface area (Å²) < 4.78 is 0. The van der Waals surface area contributed by atoms with Gasteiger partial charge in [0.2, 0.25) is 5.91 Å². The van der Waals surface area contributed by atoms with Crippen LogP contribution in [0.5, 0.6) is 0 Å². The summed E-state index contributed by atoms with van der Waals surface area (Å²) in [5, 5.41) is 12.8. The van der Waals surface area contributed by atoms with E-state index in [1.165, 1.54) is 37.2 Å². The van der Waals surface area contributed by atoms with Gasteiger partial charge in [-0.15, -0.1) is 0 Å². The van der Waals surface area contributed by atoms with Crippen molar-refractivity contribution in [2.75, 3.05) is 0 Å². The molecule has 1 aromatic rings. The molecule has 0 spiro atoms. The van der Waals surface area contributed by atoms with Gasteiger partial charge in [0.15, 0.2) is 11.9 Å². The number of aromatic nitrogens is 1. The third-order valence-electron chi connectivity index (χ3n) is 4.42. The first kappa shape index (κ1) is 16.4. The maximum Gasteiger partial charge on any atom is 0.363 e. The van der Waals surface area contributed by atoms with Gasteiger partial charge in [-0.05, 0) is 34.9 Å². The van der Waals surface area contributed by atoms with Gasteiger partial charge in [0.05, 0.1) is 0 Å². The van der Waals surface area contributed by atoms with Crippen molar-refractivity contribution in [3.63, 3.8) is 0 Å². The first-order chi connectivity index (χ1) is 11.6. The molecule has 1 unspecified atom stereocenters. The Balaban J connectivity index is 1.85. The van der Waals surface area contributed by atoms with E-state index in [-0.39, 0.29) is 11.7 Å². The first-order valence-corrected chi connectivity index (χ1v) is 8.19. The summed E-state index contributed by atoms with van der Waals surface area (Å²) in [6, 6.07) is 4.99. The van der Waals surface area contributed by atoms with E-state index >= 15 is 0 Å². The van der Waals surface area contributed by atoms with Crippen molar-refractivity contribution in [3.8, 4) is 0 Å². The molecule has 1 atom stereocenters. The Bertz CT molecular complexity index is 657. The van der Waals surface area contributed by atoms with Gasteiger partial charge in [-0.2, -0.15) is 0 Å². The highest BCUT2D eigenvalue weighted by atomic mass is 16.6. The lowest BCUT2D eigenvalue weighted by Crippen LogP contribution is -2.46. The van der Waals surface area contributed by atoms with Crippen LogP contribution in [0.4, 0.5) is 5.82 Å². The lowest BCUT2D eigenvalue weighted by molar-refractivity contribution is -0.389. The van der Waals surface area contributed by atoms with E-state index in [0.29, 0.717) is 11.7 Å². The lowest BCUT2D eigenvalue weighted by Gasteiger charge is -2.33. The number of carbonyl (C=O) groups is 1. The van der Waals surface area contributed by atoms with Crippen LogP contribution >= 0.6 is 0 Å². The number of amides is 1. The van der Waals surface area contributed by atoms with Crippen LogP contribution in [-0.2, 0) is 4.79 Å². The topological polar surface area (TPSA) is 91.6 Å². The number of hydrazine groups is 1. The van der Waals surface area contributed by atoms with Crippen molar-refractivity contribution >= 4 is 11.7 Å². The van der Waals surface area contributed by atoms with Crippen LogP contribution < -0.4 is 5.43 Å². The molecule has 1 fully saturated rings. The van der Waals surface area contributed by atoms with Gasteiger partial charge in [0.25, 0.3) is 0 Å². The number of nitrogens with zero attached hydrogens (tertiary/aromatic N) is 4. The number of carbonyl (C=O) groups excluding carboxylic acids is 1. The Labute approximate surface area is 140 Å². The fourth-order valence-electron chi connectivity index (χ4n) is 3.24. The van der Waals surface area contributed by atoms with E-state index in [2.05, 4.69) is 10.4 Å². The Morgan fingerprint density at radius 3 is 2.71 bits per heavy atom. The summed E-state index contributed by atoms with van der Waals surface area (Å²) in [4.78, 5) is 28.1. The minimum Gasteiger partial charge on any atom is -0.358 e. The summed E-state index contributed by atoms with van der Waals surface area (Å²) in [5.41, 5.74) is 3.91. The van der Waals surface area contributed by atoms with Crippen molar-refractivity contribution in [1.82, 2.24) is 20.3 Å². The maximum absolute atomic E-state index is 11.9. The summed E-state index contributed by atoms with van der Waals surface area (Å²) in [5.74, 6) is -0.363. The van der Waals surface area contributed by atoms with Gasteiger partial charge in [-0.1, -0.05) is 19.3 Å². The van der Waals surface area contributed by atoms with Crippen LogP contribution in [0, 0.1) is 10.1 Å². The largest absolute Gasteiger partial charge is 0.363 e. The highest BCUT2D eigenvalue weighted by molar-refractivity contribution is 5.75. The van der Waals surface area contributed by atoms with E-state index in [0.717, 1.165) is 12.8 Å². The minimum atomic E-state index is -0.525. The van der Waals surface area contributed by atoms with E-state index in [1.807, 2.05) is 5.01 Å². The standard InChI is InChI=1S/C16H21N5O3/c1-12(22)19-10-11-20(18-13-6-3-2-4-7-13)16(19)14-8-5-9-15(17-14)21(23)24/h5,8-11,13,16,18H,2-4,6-7H2,1H3. The smallest absolute Gasteiger partial charge is 0.358 e. The molecule has 8 nitrogen and oxygen atoms in total. The molecule has 24 heavy (non-hydrogen) atoms. The van der Waals surface area contributed by atoms with Gasteiger partial charge in [-0.25, -0.2) is 5.43 Å². The third kappa shape index (κ3) is 3.38. The molecule has 0 bridgehead atoms. The zero-order valence-electron chi connectivity index (χ0n) is 13.6. The third-order valence-corrected chi connectivity index (χ3v) is 4.42. The molecule has 2 heterocycles. The summed E-state index contributed by atoms with van der Waals surface area (Å²) in [6.07, 6.45) is 8.76. The average Bonchev–Trinajstić information content (AvgIpc) is 2.99. The van der Waals surface area contributed by atoms with Gasteiger partial charge < -0.3 is 10.1 Å². The van der Waals surface area contributed by atoms with Gasteiger partial charge >= 0.3 is 5.82 Å². The molecule has 1 amide bonds. The monoisotopic (exact) mass is 331 g/mol. The van der Waals surface area contributed by atoms with Gasteiger partial charge in [-0.3, -0.25) is 14.7 Å². The van der Waals surface area contributed by atoms with Crippen molar-refractivity contribution < 1.29 is 9.72 Å². The summed E-state index contributed by atoms with van der Waals surface area (Å²) in [7, 11) is 0. The normalized spacial score (nSPS) is 21.3. The second-order valence-electron chi connectivity index (χ2n) is 6.15. The van der Waals surface area contributed by atoms with Crippen molar-refractivity contribution in [1.29, 1.82) is 0 Å². The summed E-state index contributed by atoms with van der Waals surface area (Å²) >= 11 is 0. The van der Waals surface area contributed by atoms with E-state index in [9.17, 15) is 14.9 Å². The van der Waals surface area contributed by atoms with E-state index < -0.39 is 11.1 Å². The molecule has 8 heteroatoms. The predicted octanol–water partition coefficient (Wildman–Crippen LogP) is 2.46. The molecule has 1 saturated carbocycles. The SMILES string of the molecule is CC(=O)N1C=CN(NC2CCCCC2)C1c1cccc([N+](=O)[O-])n1. The fraction of sp³-hybridized carbons (Fsp3) is 0.500. The molecule has 0 aromatic carbocycles. The number of nitro groups is 1. The number of hydrogen-bond donors (Lipinski definition) is 1. The highest BCUT2D eigenvalue weighted by Crippen LogP contribution is 2.30. The van der Waals surface area contributed by atoms with Crippen molar-refractivity contribution in [2.24, 2.45) is 0 Å². The Morgan fingerprint density at radius 2 is 2.04 bits per heavy atom. The Morgan fingerprint density at radius 1 is 1.29 bits per heavy atom. The van der Waals surface area contributed by atoms with Gasteiger partial charge in [0, 0.05) is 31.4 Å². The van der Waals surface area contributed by atoms with Crippen molar-refractivity contribution in [2.45, 2.75) is 51.2 Å². The number of rotatable bonds is 4. The van der Waals surface area contributed by atoms with E-state index in [4.69, 9.17) is 0 Å². The highest BCUT2D eigenvalue weighted by Gasteiger charge is 2.36. The molecule has 3 rings (SSSR count). The molecular weight excluding hydrogens is 310 g/mol. The first-order valence-electron chi connectivity index (χ1n) is 8.19. The molecular formula is C16H21N5O3. The molecule has 2 aliphatic rings. The average molecular weight is 331 g/mol. The van der Waals surface area contributed by atoms with Crippen LogP contribution in [0.3, 0.4) is 0 Å². The second kappa shape index (κ2) is 6.96. The predicted molar refractivity (Wildman–Crippen MR) is 87.1 cm³/mol. The van der Waals surface area contributed by atoms with Crippen LogP contribution in [0.15, 0.2) is 30.6 Å². The Kier molecular flexibility index (Phi) is 4.75. The van der Waals surface area contributed by atoms with E-state index in [1.54, 1.807) is 24.5 Å². The zero-order valence-corrected chi connectivity index (χ0v) is 13.6. The molecule has 0 saturated heterocycles. The molecule has 1 aliphatic carbocycles. The number of pyridine rings is 1. The van der Waals surface area contributed by atoms with Crippen LogP contribution in [0.2, 0.25) is 0 Å². The number of nitrogens with one attached hydrogen (secondary N) is 1. The second-order valence-corrected chi connectivity index (χ2v) is 6.15. The molecule has 0 radical (unpaired) electrons. The molecule has 1 aromatic heterocycles. The fourth-order valence-corrected chi connectivity index (χ4v) is 3.24. The Hall–Kier alpha value is -2.48. The molecule has 1 aliphatic heterocycles. The number of hydrogen-bond acceptors (Lipinski definition) is 6. The maximum atomic E-state index is 11.9. The minimum absolute atomic E-state index is 0.141. The molecule has 1 N–H and O–H groups in total. The van der Waals surface area contributed by atoms with Crippen LogP contribution in [-0.4, -0.2) is 31.8 Å². The lowest BCUT2D eigenvalue weighted by atomic mass is 9.96. The summed E-state index contributed by atoms with van der Waals surface area (Å²) in [6.45, 7) is 1.47. The van der Waals surface area contributed by atoms with Crippen molar-refractivity contribution in [3.05, 3.63) is 46.4 Å². The zero-order chi connectivity index (χ0) is 17.1. The van der Waals surface area contributed by atoms with Crippen LogP contribution in [0.1, 0.15) is 50.9 Å². The molecule has 128 valence electrons. The quantitative estimate of drug-likeness (QED) is 0.673. The van der Waals surface area contributed by atoms with Crippen LogP contribution in [0.25, 0.3) is 0 Å².